The lowest BCUT2D eigenvalue weighted by Gasteiger charge is -2.12. The van der Waals surface area contributed by atoms with Crippen molar-refractivity contribution in [2.45, 2.75) is 33.5 Å². The number of pyridine rings is 1. The van der Waals surface area contributed by atoms with Crippen molar-refractivity contribution >= 4 is 33.0 Å². The molecule has 0 saturated carbocycles. The van der Waals surface area contributed by atoms with E-state index in [2.05, 4.69) is 11.9 Å². The van der Waals surface area contributed by atoms with Gasteiger partial charge in [-0.25, -0.2) is 13.8 Å². The summed E-state index contributed by atoms with van der Waals surface area (Å²) in [7, 11) is 0. The third-order valence-electron chi connectivity index (χ3n) is 4.89. The highest BCUT2D eigenvalue weighted by Gasteiger charge is 2.13. The maximum absolute atomic E-state index is 13.4. The Morgan fingerprint density at radius 2 is 1.71 bits per heavy atom. The molecule has 0 spiro atoms. The van der Waals surface area contributed by atoms with Crippen molar-refractivity contribution < 1.29 is 18.3 Å². The molecule has 160 valence electrons. The number of nitrogens with zero attached hydrogens (tertiary/aromatic N) is 1. The topological polar surface area (TPSA) is 31.4 Å². The Morgan fingerprint density at radius 1 is 0.968 bits per heavy atom. The summed E-state index contributed by atoms with van der Waals surface area (Å²) in [5.74, 6) is -0.535. The first kappa shape index (κ1) is 21.5. The summed E-state index contributed by atoms with van der Waals surface area (Å²) in [4.78, 5) is 4.31. The van der Waals surface area contributed by atoms with Crippen molar-refractivity contribution in [1.29, 1.82) is 0 Å². The Hall–Kier alpha value is -2.70. The maximum atomic E-state index is 13.4. The molecule has 0 aliphatic carbocycles. The number of hydrogen-bond acceptors (Lipinski definition) is 4. The van der Waals surface area contributed by atoms with E-state index in [1.54, 1.807) is 17.4 Å². The SMILES string of the molecule is CCc1cnc(Cl)c2c(COc3cc(C)cc(OCc4ccc(F)c(F)c4)c3)csc12. The number of hydrogen-bond donors (Lipinski definition) is 0. The van der Waals surface area contributed by atoms with Crippen LogP contribution in [0.5, 0.6) is 11.5 Å². The minimum absolute atomic E-state index is 0.121. The van der Waals surface area contributed by atoms with Crippen molar-refractivity contribution in [2.24, 2.45) is 0 Å². The molecule has 0 atom stereocenters. The van der Waals surface area contributed by atoms with Crippen LogP contribution in [0.15, 0.2) is 48.0 Å². The van der Waals surface area contributed by atoms with Gasteiger partial charge in [0.15, 0.2) is 11.6 Å². The quantitative estimate of drug-likeness (QED) is 0.272. The monoisotopic (exact) mass is 459 g/mol. The van der Waals surface area contributed by atoms with Gasteiger partial charge in [0, 0.05) is 27.9 Å². The van der Waals surface area contributed by atoms with Gasteiger partial charge in [-0.05, 0) is 59.7 Å². The average Bonchev–Trinajstić information content (AvgIpc) is 3.18. The van der Waals surface area contributed by atoms with Crippen LogP contribution in [-0.2, 0) is 19.6 Å². The van der Waals surface area contributed by atoms with Crippen LogP contribution >= 0.6 is 22.9 Å². The van der Waals surface area contributed by atoms with Gasteiger partial charge >= 0.3 is 0 Å². The zero-order chi connectivity index (χ0) is 22.0. The fraction of sp³-hybridized carbons (Fsp3) is 0.208. The first-order valence-electron chi connectivity index (χ1n) is 9.79. The average molecular weight is 460 g/mol. The molecule has 0 radical (unpaired) electrons. The number of thiophene rings is 1. The summed E-state index contributed by atoms with van der Waals surface area (Å²) < 4.78 is 39.4. The second kappa shape index (κ2) is 9.20. The van der Waals surface area contributed by atoms with Crippen molar-refractivity contribution in [3.63, 3.8) is 0 Å². The zero-order valence-corrected chi connectivity index (χ0v) is 18.6. The fourth-order valence-corrected chi connectivity index (χ4v) is 4.77. The number of ether oxygens (including phenoxy) is 2. The first-order chi connectivity index (χ1) is 14.9. The van der Waals surface area contributed by atoms with Crippen LogP contribution < -0.4 is 9.47 Å². The molecular weight excluding hydrogens is 440 g/mol. The summed E-state index contributed by atoms with van der Waals surface area (Å²) in [5.41, 5.74) is 3.65. The van der Waals surface area contributed by atoms with E-state index in [0.29, 0.717) is 28.8 Å². The largest absolute Gasteiger partial charge is 0.489 e. The Labute approximate surface area is 188 Å². The zero-order valence-electron chi connectivity index (χ0n) is 17.0. The highest BCUT2D eigenvalue weighted by molar-refractivity contribution is 7.17. The van der Waals surface area contributed by atoms with Gasteiger partial charge in [0.25, 0.3) is 0 Å². The Kier molecular flexibility index (Phi) is 6.39. The number of rotatable bonds is 7. The molecule has 0 amide bonds. The molecule has 31 heavy (non-hydrogen) atoms. The Balaban J connectivity index is 1.49. The van der Waals surface area contributed by atoms with Gasteiger partial charge in [0.1, 0.15) is 29.9 Å². The van der Waals surface area contributed by atoms with E-state index in [1.807, 2.05) is 30.6 Å². The molecule has 4 rings (SSSR count). The van der Waals surface area contributed by atoms with Crippen molar-refractivity contribution in [2.75, 3.05) is 0 Å². The van der Waals surface area contributed by atoms with Crippen LogP contribution in [0.1, 0.15) is 29.2 Å². The molecule has 0 aliphatic heterocycles. The van der Waals surface area contributed by atoms with Gasteiger partial charge in [0.05, 0.1) is 0 Å². The van der Waals surface area contributed by atoms with Crippen LogP contribution in [0.3, 0.4) is 0 Å². The molecule has 0 fully saturated rings. The molecule has 3 nitrogen and oxygen atoms in total. The molecule has 2 heterocycles. The second-order valence-electron chi connectivity index (χ2n) is 7.20. The van der Waals surface area contributed by atoms with Crippen LogP contribution in [0.2, 0.25) is 5.15 Å². The van der Waals surface area contributed by atoms with E-state index in [-0.39, 0.29) is 6.61 Å². The van der Waals surface area contributed by atoms with Crippen molar-refractivity contribution in [1.82, 2.24) is 4.98 Å². The number of halogens is 3. The van der Waals surface area contributed by atoms with Gasteiger partial charge in [-0.1, -0.05) is 24.6 Å². The van der Waals surface area contributed by atoms with Crippen LogP contribution in [0.25, 0.3) is 10.1 Å². The van der Waals surface area contributed by atoms with Crippen molar-refractivity contribution in [3.05, 3.63) is 87.0 Å². The molecule has 2 aromatic heterocycles. The molecule has 2 aromatic carbocycles. The van der Waals surface area contributed by atoms with Gasteiger partial charge < -0.3 is 9.47 Å². The van der Waals surface area contributed by atoms with E-state index in [4.69, 9.17) is 21.1 Å². The minimum Gasteiger partial charge on any atom is -0.489 e. The number of fused-ring (bicyclic) bond motifs is 1. The molecule has 0 bridgehead atoms. The lowest BCUT2D eigenvalue weighted by Crippen LogP contribution is -1.99. The number of benzene rings is 2. The van der Waals surface area contributed by atoms with E-state index < -0.39 is 11.6 Å². The highest BCUT2D eigenvalue weighted by atomic mass is 35.5. The summed E-state index contributed by atoms with van der Waals surface area (Å²) in [6, 6.07) is 9.27. The van der Waals surface area contributed by atoms with Crippen LogP contribution in [-0.4, -0.2) is 4.98 Å². The lowest BCUT2D eigenvalue weighted by molar-refractivity contribution is 0.290. The fourth-order valence-electron chi connectivity index (χ4n) is 3.31. The van der Waals surface area contributed by atoms with Crippen LogP contribution in [0, 0.1) is 18.6 Å². The van der Waals surface area contributed by atoms with Gasteiger partial charge in [-0.2, -0.15) is 0 Å². The van der Waals surface area contributed by atoms with E-state index in [0.717, 1.165) is 39.8 Å². The van der Waals surface area contributed by atoms with Gasteiger partial charge in [-0.15, -0.1) is 11.3 Å². The smallest absolute Gasteiger partial charge is 0.159 e. The third-order valence-corrected chi connectivity index (χ3v) is 6.28. The summed E-state index contributed by atoms with van der Waals surface area (Å²) in [6.07, 6.45) is 2.71. The summed E-state index contributed by atoms with van der Waals surface area (Å²) in [5, 5.41) is 3.47. The number of aromatic nitrogens is 1. The normalized spacial score (nSPS) is 11.1. The molecule has 0 N–H and O–H groups in total. The first-order valence-corrected chi connectivity index (χ1v) is 11.0. The second-order valence-corrected chi connectivity index (χ2v) is 8.44. The van der Waals surface area contributed by atoms with Crippen LogP contribution in [0.4, 0.5) is 8.78 Å². The van der Waals surface area contributed by atoms with Gasteiger partial charge in [0.2, 0.25) is 0 Å². The molecule has 4 aromatic rings. The molecule has 0 unspecified atom stereocenters. The van der Waals surface area contributed by atoms with E-state index in [1.165, 1.54) is 11.6 Å². The predicted molar refractivity (Wildman–Crippen MR) is 120 cm³/mol. The lowest BCUT2D eigenvalue weighted by atomic mass is 10.1. The van der Waals surface area contributed by atoms with E-state index in [9.17, 15) is 8.78 Å². The molecule has 0 aliphatic rings. The minimum atomic E-state index is -0.892. The maximum Gasteiger partial charge on any atom is 0.159 e. The molecule has 0 saturated heterocycles. The van der Waals surface area contributed by atoms with E-state index >= 15 is 0 Å². The standard InChI is InChI=1S/C24H20ClF2NO2S/c1-3-16-10-28-24(25)22-17(13-31-23(16)22)12-30-19-7-14(2)6-18(9-19)29-11-15-4-5-20(26)21(27)8-15/h4-10,13H,3,11-12H2,1-2H3. The third kappa shape index (κ3) is 4.81. The Morgan fingerprint density at radius 3 is 2.42 bits per heavy atom. The molecule has 7 heteroatoms. The highest BCUT2D eigenvalue weighted by Crippen LogP contribution is 2.34. The summed E-state index contributed by atoms with van der Waals surface area (Å²) in [6.45, 7) is 4.50. The van der Waals surface area contributed by atoms with Crippen molar-refractivity contribution in [3.8, 4) is 11.5 Å². The summed E-state index contributed by atoms with van der Waals surface area (Å²) >= 11 is 8.00. The Bertz CT molecular complexity index is 1240. The predicted octanol–water partition coefficient (Wildman–Crippen LogP) is 7.26. The van der Waals surface area contributed by atoms with Gasteiger partial charge in [-0.3, -0.25) is 0 Å². The molecular formula is C24H20ClF2NO2S. The number of aryl methyl sites for hydroxylation is 2.